The number of aromatic nitrogens is 1. The summed E-state index contributed by atoms with van der Waals surface area (Å²) in [5.41, 5.74) is 1.23. The molecule has 9 heteroatoms. The number of fused-ring (bicyclic) bond motifs is 6. The first kappa shape index (κ1) is 28.2. The van der Waals surface area contributed by atoms with Crippen LogP contribution in [-0.4, -0.2) is 42.4 Å². The van der Waals surface area contributed by atoms with Crippen molar-refractivity contribution in [2.45, 2.75) is 56.0 Å². The number of rotatable bonds is 4. The molecule has 1 aromatic heterocycles. The Morgan fingerprint density at radius 2 is 1.22 bits per heavy atom. The van der Waals surface area contributed by atoms with E-state index >= 15 is 0 Å². The van der Waals surface area contributed by atoms with Crippen molar-refractivity contribution in [2.24, 2.45) is 11.8 Å². The van der Waals surface area contributed by atoms with Crippen LogP contribution in [0.2, 0.25) is 0 Å². The van der Waals surface area contributed by atoms with Crippen LogP contribution in [0.4, 0.5) is 4.79 Å². The molecule has 6 rings (SSSR count). The Kier molecular flexibility index (Phi) is 6.40. The number of esters is 2. The minimum atomic E-state index is -1.10. The lowest BCUT2D eigenvalue weighted by atomic mass is 9.85. The van der Waals surface area contributed by atoms with Crippen LogP contribution in [0.5, 0.6) is 0 Å². The number of benzene rings is 2. The minimum Gasteiger partial charge on any atom is -0.468 e. The zero-order valence-corrected chi connectivity index (χ0v) is 26.8. The van der Waals surface area contributed by atoms with Crippen LogP contribution in [0.3, 0.4) is 0 Å². The Bertz CT molecular complexity index is 1590. The van der Waals surface area contributed by atoms with Gasteiger partial charge in [-0.3, -0.25) is 14.2 Å². The molecule has 3 aliphatic rings. The molecule has 7 nitrogen and oxygen atoms in total. The number of halogens is 2. The van der Waals surface area contributed by atoms with Gasteiger partial charge in [-0.05, 0) is 86.1 Å². The van der Waals surface area contributed by atoms with Crippen molar-refractivity contribution >= 4 is 49.9 Å². The third kappa shape index (κ3) is 3.77. The van der Waals surface area contributed by atoms with E-state index in [1.165, 1.54) is 14.2 Å². The summed E-state index contributed by atoms with van der Waals surface area (Å²) in [5.74, 6) is -2.00. The van der Waals surface area contributed by atoms with Gasteiger partial charge in [-0.25, -0.2) is 4.79 Å². The van der Waals surface area contributed by atoms with Crippen LogP contribution in [-0.2, 0) is 34.6 Å². The van der Waals surface area contributed by atoms with Gasteiger partial charge in [-0.1, -0.05) is 56.1 Å². The number of hydrogen-bond acceptors (Lipinski definition) is 6. The average molecular weight is 685 g/mol. The van der Waals surface area contributed by atoms with E-state index in [0.29, 0.717) is 5.69 Å². The molecule has 0 radical (unpaired) electrons. The van der Waals surface area contributed by atoms with Gasteiger partial charge in [0.05, 0.1) is 14.2 Å². The summed E-state index contributed by atoms with van der Waals surface area (Å²) in [7, 11) is 2.79. The Hall–Kier alpha value is -2.91. The largest absolute Gasteiger partial charge is 0.468 e. The molecular formula is C32H31Br2NO6. The van der Waals surface area contributed by atoms with Gasteiger partial charge in [0.2, 0.25) is 0 Å². The van der Waals surface area contributed by atoms with E-state index in [1.807, 2.05) is 76.2 Å². The first-order valence-corrected chi connectivity index (χ1v) is 15.1. The van der Waals surface area contributed by atoms with Crippen LogP contribution in [0.25, 0.3) is 0 Å². The van der Waals surface area contributed by atoms with E-state index in [2.05, 4.69) is 31.9 Å². The molecule has 0 amide bonds. The maximum Gasteiger partial charge on any atom is 0.418 e. The SMILES string of the molecule is COC(=O)[C@]1(c2ccc(Br)cc2)[C@H]2[C@H]3[C@@H](c4c(c(C)cn4C(=O)OC(C)(C)C)[C@H]21)[C@@]3(C(=O)OC)c1ccc(Br)cc1. The Labute approximate surface area is 255 Å². The van der Waals surface area contributed by atoms with E-state index < -0.39 is 34.4 Å². The molecular weight excluding hydrogens is 654 g/mol. The first-order valence-electron chi connectivity index (χ1n) is 13.5. The highest BCUT2D eigenvalue weighted by Crippen LogP contribution is 2.86. The molecule has 6 atom stereocenters. The van der Waals surface area contributed by atoms with Crippen molar-refractivity contribution in [2.75, 3.05) is 14.2 Å². The van der Waals surface area contributed by atoms with Crippen molar-refractivity contribution in [1.29, 1.82) is 0 Å². The number of carbonyl (C=O) groups excluding carboxylic acids is 3. The molecule has 0 N–H and O–H groups in total. The van der Waals surface area contributed by atoms with Crippen molar-refractivity contribution in [3.63, 3.8) is 0 Å². The molecule has 2 saturated carbocycles. The van der Waals surface area contributed by atoms with Crippen molar-refractivity contribution < 1.29 is 28.6 Å². The van der Waals surface area contributed by atoms with Gasteiger partial charge in [0, 0.05) is 32.7 Å². The molecule has 0 unspecified atom stereocenters. The monoisotopic (exact) mass is 683 g/mol. The number of aryl methyl sites for hydroxylation is 1. The molecule has 41 heavy (non-hydrogen) atoms. The maximum atomic E-state index is 14.0. The number of carbonyl (C=O) groups is 3. The Balaban J connectivity index is 1.65. The van der Waals surface area contributed by atoms with Gasteiger partial charge in [0.1, 0.15) is 16.4 Å². The van der Waals surface area contributed by atoms with Gasteiger partial charge in [0.25, 0.3) is 0 Å². The zero-order valence-electron chi connectivity index (χ0n) is 23.7. The molecule has 0 saturated heterocycles. The first-order chi connectivity index (χ1) is 19.3. The minimum absolute atomic E-state index is 0.246. The molecule has 3 aliphatic carbocycles. The van der Waals surface area contributed by atoms with Crippen molar-refractivity contribution in [1.82, 2.24) is 4.57 Å². The van der Waals surface area contributed by atoms with Crippen LogP contribution in [0.15, 0.2) is 63.7 Å². The van der Waals surface area contributed by atoms with Gasteiger partial charge >= 0.3 is 18.0 Å². The molecule has 3 aromatic rings. The van der Waals surface area contributed by atoms with Crippen LogP contribution >= 0.6 is 31.9 Å². The van der Waals surface area contributed by atoms with Gasteiger partial charge in [-0.15, -0.1) is 0 Å². The summed E-state index contributed by atoms with van der Waals surface area (Å²) < 4.78 is 20.1. The summed E-state index contributed by atoms with van der Waals surface area (Å²) in [6.07, 6.45) is 1.26. The fraction of sp³-hybridized carbons (Fsp3) is 0.406. The quantitative estimate of drug-likeness (QED) is 0.223. The third-order valence-electron chi connectivity index (χ3n) is 9.09. The zero-order chi connectivity index (χ0) is 29.6. The van der Waals surface area contributed by atoms with E-state index in [1.54, 1.807) is 10.8 Å². The maximum absolute atomic E-state index is 14.0. The lowest BCUT2D eigenvalue weighted by Gasteiger charge is -2.22. The number of hydrogen-bond donors (Lipinski definition) is 0. The molecule has 1 heterocycles. The summed E-state index contributed by atoms with van der Waals surface area (Å²) >= 11 is 7.02. The number of methoxy groups -OCH3 is 2. The smallest absolute Gasteiger partial charge is 0.418 e. The Morgan fingerprint density at radius 3 is 1.66 bits per heavy atom. The summed E-state index contributed by atoms with van der Waals surface area (Å²) in [6.45, 7) is 7.41. The topological polar surface area (TPSA) is 83.8 Å². The summed E-state index contributed by atoms with van der Waals surface area (Å²) in [6, 6.07) is 15.3. The van der Waals surface area contributed by atoms with Gasteiger partial charge < -0.3 is 14.2 Å². The van der Waals surface area contributed by atoms with Crippen molar-refractivity contribution in [3.05, 3.63) is 91.6 Å². The number of nitrogens with zero attached hydrogens (tertiary/aromatic N) is 1. The van der Waals surface area contributed by atoms with Crippen LogP contribution in [0.1, 0.15) is 60.6 Å². The predicted octanol–water partition coefficient (Wildman–Crippen LogP) is 6.77. The van der Waals surface area contributed by atoms with Crippen LogP contribution < -0.4 is 0 Å². The molecule has 0 spiro atoms. The normalized spacial score (nSPS) is 29.0. The van der Waals surface area contributed by atoms with Crippen molar-refractivity contribution in [3.8, 4) is 0 Å². The highest BCUT2D eigenvalue weighted by atomic mass is 79.9. The van der Waals surface area contributed by atoms with Crippen LogP contribution in [0, 0.1) is 18.8 Å². The lowest BCUT2D eigenvalue weighted by Crippen LogP contribution is -2.31. The van der Waals surface area contributed by atoms with Gasteiger partial charge in [0.15, 0.2) is 0 Å². The third-order valence-corrected chi connectivity index (χ3v) is 10.1. The second-order valence-electron chi connectivity index (χ2n) is 12.2. The van der Waals surface area contributed by atoms with E-state index in [-0.39, 0.29) is 23.7 Å². The standard InChI is InChI=1S/C32H31Br2NO6/c1-16-15-35(29(38)41-30(2,3)4)26-21(16)22-23(31(22,27(36)39-5)17-7-11-19(33)12-8-17)24-25(26)32(24,28(37)40-6)18-9-13-20(34)14-10-18/h7-15,22-25H,1-6H3/t22-,23-,24+,25+,31+,32-/m1/s1. The fourth-order valence-electron chi connectivity index (χ4n) is 7.75. The highest BCUT2D eigenvalue weighted by molar-refractivity contribution is 9.10. The molecule has 2 fully saturated rings. The number of ether oxygens (including phenoxy) is 3. The molecule has 2 aromatic carbocycles. The average Bonchev–Trinajstić information content (AvgIpc) is 3.77. The van der Waals surface area contributed by atoms with Gasteiger partial charge in [-0.2, -0.15) is 0 Å². The highest BCUT2D eigenvalue weighted by Gasteiger charge is 2.89. The second kappa shape index (κ2) is 9.30. The lowest BCUT2D eigenvalue weighted by molar-refractivity contribution is -0.146. The van der Waals surface area contributed by atoms with E-state index in [9.17, 15) is 14.4 Å². The van der Waals surface area contributed by atoms with E-state index in [4.69, 9.17) is 14.2 Å². The Morgan fingerprint density at radius 1 is 0.780 bits per heavy atom. The predicted molar refractivity (Wildman–Crippen MR) is 159 cm³/mol. The molecule has 0 aliphatic heterocycles. The van der Waals surface area contributed by atoms with E-state index in [0.717, 1.165) is 31.2 Å². The second-order valence-corrected chi connectivity index (χ2v) is 14.0. The summed E-state index contributed by atoms with van der Waals surface area (Å²) in [5, 5.41) is 0. The molecule has 214 valence electrons. The fourth-order valence-corrected chi connectivity index (χ4v) is 8.28. The molecule has 0 bridgehead atoms. The summed E-state index contributed by atoms with van der Waals surface area (Å²) in [4.78, 5) is 41.6.